The number of carbonyl (C=O) groups is 1. The molecule has 1 fully saturated rings. The number of pyridine rings is 1. The predicted octanol–water partition coefficient (Wildman–Crippen LogP) is 6.56. The zero-order valence-electron chi connectivity index (χ0n) is 18.2. The van der Waals surface area contributed by atoms with Gasteiger partial charge < -0.3 is 15.6 Å². The first kappa shape index (κ1) is 24.6. The minimum absolute atomic E-state index is 0.0456. The second-order valence-corrected chi connectivity index (χ2v) is 8.45. The third-order valence-electron chi connectivity index (χ3n) is 6.01. The minimum atomic E-state index is -4.87. The van der Waals surface area contributed by atoms with Gasteiger partial charge in [-0.3, -0.25) is 9.59 Å². The van der Waals surface area contributed by atoms with E-state index in [1.807, 2.05) is 5.32 Å². The topological polar surface area (TPSA) is 74.0 Å². The molecule has 1 aliphatic rings. The van der Waals surface area contributed by atoms with Gasteiger partial charge in [-0.05, 0) is 43.2 Å². The van der Waals surface area contributed by atoms with Crippen LogP contribution in [0.25, 0.3) is 10.9 Å². The van der Waals surface area contributed by atoms with Gasteiger partial charge in [-0.2, -0.15) is 26.3 Å². The number of alkyl halides is 6. The van der Waals surface area contributed by atoms with Gasteiger partial charge in [-0.25, -0.2) is 0 Å². The molecule has 0 atom stereocenters. The average molecular weight is 497 g/mol. The lowest BCUT2D eigenvalue weighted by atomic mass is 9.95. The molecular weight excluding hydrogens is 476 g/mol. The SMILES string of the molecule is O=C(Nc1ccc(NC2CCCCC2)cc1C(F)(F)F)c1c[nH]c2cccc(C(F)(F)F)c2c1=O. The van der Waals surface area contributed by atoms with Gasteiger partial charge in [0.15, 0.2) is 0 Å². The van der Waals surface area contributed by atoms with Crippen LogP contribution in [0.4, 0.5) is 37.7 Å². The Hall–Kier alpha value is -3.50. The number of halogens is 6. The Morgan fingerprint density at radius 1 is 0.914 bits per heavy atom. The van der Waals surface area contributed by atoms with Gasteiger partial charge in [0.25, 0.3) is 5.91 Å². The van der Waals surface area contributed by atoms with E-state index >= 15 is 0 Å². The molecule has 1 saturated carbocycles. The summed E-state index contributed by atoms with van der Waals surface area (Å²) in [5.74, 6) is -1.26. The van der Waals surface area contributed by atoms with Crippen molar-refractivity contribution in [1.82, 2.24) is 4.98 Å². The van der Waals surface area contributed by atoms with E-state index < -0.39 is 51.5 Å². The molecule has 1 aromatic heterocycles. The highest BCUT2D eigenvalue weighted by atomic mass is 19.4. The summed E-state index contributed by atoms with van der Waals surface area (Å²) in [7, 11) is 0. The fourth-order valence-corrected chi connectivity index (χ4v) is 4.32. The monoisotopic (exact) mass is 497 g/mol. The van der Waals surface area contributed by atoms with Crippen molar-refractivity contribution < 1.29 is 31.1 Å². The van der Waals surface area contributed by atoms with E-state index in [2.05, 4.69) is 10.3 Å². The van der Waals surface area contributed by atoms with Crippen LogP contribution >= 0.6 is 0 Å². The van der Waals surface area contributed by atoms with E-state index in [0.29, 0.717) is 6.07 Å². The van der Waals surface area contributed by atoms with Crippen LogP contribution in [0.2, 0.25) is 0 Å². The molecule has 35 heavy (non-hydrogen) atoms. The molecular formula is C24H21F6N3O2. The van der Waals surface area contributed by atoms with E-state index in [0.717, 1.165) is 56.5 Å². The summed E-state index contributed by atoms with van der Waals surface area (Å²) in [6, 6.07) is 6.38. The van der Waals surface area contributed by atoms with Gasteiger partial charge in [0, 0.05) is 23.4 Å². The van der Waals surface area contributed by atoms with E-state index in [9.17, 15) is 35.9 Å². The lowest BCUT2D eigenvalue weighted by molar-refractivity contribution is -0.137. The molecule has 1 heterocycles. The number of rotatable bonds is 4. The van der Waals surface area contributed by atoms with Crippen molar-refractivity contribution in [3.8, 4) is 0 Å². The number of benzene rings is 2. The molecule has 3 N–H and O–H groups in total. The second-order valence-electron chi connectivity index (χ2n) is 8.45. The Morgan fingerprint density at radius 3 is 2.26 bits per heavy atom. The lowest BCUT2D eigenvalue weighted by Crippen LogP contribution is -2.25. The van der Waals surface area contributed by atoms with Crippen LogP contribution in [0.15, 0.2) is 47.4 Å². The van der Waals surface area contributed by atoms with Crippen molar-refractivity contribution in [3.63, 3.8) is 0 Å². The molecule has 186 valence electrons. The van der Waals surface area contributed by atoms with Gasteiger partial charge in [-0.1, -0.05) is 25.3 Å². The predicted molar refractivity (Wildman–Crippen MR) is 119 cm³/mol. The first-order chi connectivity index (χ1) is 16.4. The largest absolute Gasteiger partial charge is 0.418 e. The zero-order chi connectivity index (χ0) is 25.4. The van der Waals surface area contributed by atoms with Crippen LogP contribution in [0.3, 0.4) is 0 Å². The van der Waals surface area contributed by atoms with Gasteiger partial charge in [0.2, 0.25) is 5.43 Å². The maximum absolute atomic E-state index is 13.8. The number of carbonyl (C=O) groups excluding carboxylic acids is 1. The number of amides is 1. The molecule has 5 nitrogen and oxygen atoms in total. The minimum Gasteiger partial charge on any atom is -0.382 e. The number of hydrogen-bond donors (Lipinski definition) is 3. The number of aromatic amines is 1. The van der Waals surface area contributed by atoms with E-state index in [4.69, 9.17) is 0 Å². The molecule has 0 bridgehead atoms. The van der Waals surface area contributed by atoms with Crippen LogP contribution < -0.4 is 16.1 Å². The standard InChI is InChI=1S/C24H21F6N3O2/c25-23(26,27)16-7-4-8-19-20(16)21(34)15(12-31-19)22(35)33-18-10-9-14(11-17(18)24(28,29)30)32-13-5-2-1-3-6-13/h4,7-13,32H,1-3,5-6H2,(H,31,34)(H,33,35). The number of aromatic nitrogens is 1. The fraction of sp³-hybridized carbons (Fsp3) is 0.333. The van der Waals surface area contributed by atoms with E-state index in [1.165, 1.54) is 12.1 Å². The summed E-state index contributed by atoms with van der Waals surface area (Å²) >= 11 is 0. The van der Waals surface area contributed by atoms with Crippen LogP contribution in [0, 0.1) is 0 Å². The van der Waals surface area contributed by atoms with Crippen molar-refractivity contribution in [2.45, 2.75) is 50.5 Å². The van der Waals surface area contributed by atoms with E-state index in [-0.39, 0.29) is 17.2 Å². The van der Waals surface area contributed by atoms with Crippen molar-refractivity contribution in [2.24, 2.45) is 0 Å². The summed E-state index contributed by atoms with van der Waals surface area (Å²) in [6.07, 6.45) is -4.10. The van der Waals surface area contributed by atoms with Gasteiger partial charge in [0.05, 0.1) is 22.2 Å². The van der Waals surface area contributed by atoms with Crippen LogP contribution in [-0.2, 0) is 12.4 Å². The molecule has 4 rings (SSSR count). The maximum atomic E-state index is 13.8. The summed E-state index contributed by atoms with van der Waals surface area (Å²) < 4.78 is 81.4. The first-order valence-electron chi connectivity index (χ1n) is 11.0. The average Bonchev–Trinajstić information content (AvgIpc) is 2.79. The highest BCUT2D eigenvalue weighted by Gasteiger charge is 2.36. The van der Waals surface area contributed by atoms with Crippen molar-refractivity contribution in [3.05, 3.63) is 69.5 Å². The highest BCUT2D eigenvalue weighted by Crippen LogP contribution is 2.37. The quantitative estimate of drug-likeness (QED) is 0.358. The van der Waals surface area contributed by atoms with E-state index in [1.54, 1.807) is 0 Å². The van der Waals surface area contributed by atoms with Crippen LogP contribution in [0.1, 0.15) is 53.6 Å². The van der Waals surface area contributed by atoms with Gasteiger partial charge in [-0.15, -0.1) is 0 Å². The molecule has 0 spiro atoms. The molecule has 0 radical (unpaired) electrons. The molecule has 1 aliphatic carbocycles. The Kier molecular flexibility index (Phi) is 6.52. The number of nitrogens with one attached hydrogen (secondary N) is 3. The normalized spacial score (nSPS) is 15.3. The molecule has 1 amide bonds. The molecule has 11 heteroatoms. The summed E-state index contributed by atoms with van der Waals surface area (Å²) in [6.45, 7) is 0. The third-order valence-corrected chi connectivity index (χ3v) is 6.01. The molecule has 0 aliphatic heterocycles. The Labute approximate surface area is 195 Å². The maximum Gasteiger partial charge on any atom is 0.418 e. The Bertz CT molecular complexity index is 1310. The second kappa shape index (κ2) is 9.27. The highest BCUT2D eigenvalue weighted by molar-refractivity contribution is 6.06. The molecule has 2 aromatic carbocycles. The first-order valence-corrected chi connectivity index (χ1v) is 11.0. The number of H-pyrrole nitrogens is 1. The Morgan fingerprint density at radius 2 is 1.60 bits per heavy atom. The van der Waals surface area contributed by atoms with Crippen molar-refractivity contribution >= 4 is 28.2 Å². The van der Waals surface area contributed by atoms with Crippen molar-refractivity contribution in [1.29, 1.82) is 0 Å². The summed E-state index contributed by atoms with van der Waals surface area (Å²) in [5, 5.41) is 4.35. The number of hydrogen-bond acceptors (Lipinski definition) is 3. The van der Waals surface area contributed by atoms with Crippen LogP contribution in [0.5, 0.6) is 0 Å². The fourth-order valence-electron chi connectivity index (χ4n) is 4.32. The zero-order valence-corrected chi connectivity index (χ0v) is 18.2. The molecule has 0 unspecified atom stereocenters. The third kappa shape index (κ3) is 5.28. The lowest BCUT2D eigenvalue weighted by Gasteiger charge is -2.24. The van der Waals surface area contributed by atoms with Gasteiger partial charge in [0.1, 0.15) is 5.56 Å². The number of anilines is 2. The summed E-state index contributed by atoms with van der Waals surface area (Å²) in [4.78, 5) is 27.9. The Balaban J connectivity index is 1.68. The molecule has 0 saturated heterocycles. The molecule has 3 aromatic rings. The number of fused-ring (bicyclic) bond motifs is 1. The van der Waals surface area contributed by atoms with Crippen LogP contribution in [-0.4, -0.2) is 16.9 Å². The summed E-state index contributed by atoms with van der Waals surface area (Å²) in [5.41, 5.74) is -4.91. The smallest absolute Gasteiger partial charge is 0.382 e. The van der Waals surface area contributed by atoms with Crippen molar-refractivity contribution in [2.75, 3.05) is 10.6 Å². The van der Waals surface area contributed by atoms with Gasteiger partial charge >= 0.3 is 12.4 Å².